The maximum Gasteiger partial charge on any atom is 0.322 e. The number of para-hydroxylation sites is 1. The van der Waals surface area contributed by atoms with Crippen molar-refractivity contribution in [2.75, 3.05) is 11.9 Å². The number of carbonyl (C=O) groups excluding carboxylic acids is 1. The predicted octanol–water partition coefficient (Wildman–Crippen LogP) is 6.63. The number of urea groups is 1. The predicted molar refractivity (Wildman–Crippen MR) is 136 cm³/mol. The average Bonchev–Trinajstić information content (AvgIpc) is 3.27. The number of anilines is 1. The van der Waals surface area contributed by atoms with Gasteiger partial charge < -0.3 is 19.5 Å². The Kier molecular flexibility index (Phi) is 5.84. The molecular weight excluding hydrogens is 422 g/mol. The Morgan fingerprint density at radius 1 is 0.971 bits per heavy atom. The number of nitrogens with one attached hydrogen (secondary N) is 1. The normalized spacial score (nSPS) is 14.7. The van der Waals surface area contributed by atoms with Gasteiger partial charge in [-0.2, -0.15) is 0 Å². The van der Waals surface area contributed by atoms with Crippen LogP contribution in [0.1, 0.15) is 40.9 Å². The summed E-state index contributed by atoms with van der Waals surface area (Å²) in [6.07, 6.45) is 2.07. The Hall–Kier alpha value is -3.99. The van der Waals surface area contributed by atoms with E-state index < -0.39 is 0 Å². The minimum absolute atomic E-state index is 0.128. The molecule has 1 N–H and O–H groups in total. The van der Waals surface area contributed by atoms with Crippen LogP contribution in [-0.2, 0) is 6.54 Å². The van der Waals surface area contributed by atoms with E-state index >= 15 is 0 Å². The number of nitrogens with zero attached hydrogens (tertiary/aromatic N) is 2. The van der Waals surface area contributed by atoms with Crippen molar-refractivity contribution in [3.05, 3.63) is 113 Å². The van der Waals surface area contributed by atoms with Crippen molar-refractivity contribution in [3.63, 3.8) is 0 Å². The zero-order valence-corrected chi connectivity index (χ0v) is 19.8. The molecular formula is C29H29N3O2. The number of carbonyl (C=O) groups is 1. The third kappa shape index (κ3) is 3.94. The van der Waals surface area contributed by atoms with E-state index in [1.807, 2.05) is 61.2 Å². The Bertz CT molecular complexity index is 1320. The van der Waals surface area contributed by atoms with Crippen molar-refractivity contribution in [1.82, 2.24) is 9.47 Å². The highest BCUT2D eigenvalue weighted by molar-refractivity contribution is 5.91. The summed E-state index contributed by atoms with van der Waals surface area (Å²) >= 11 is 0. The first-order valence-electron chi connectivity index (χ1n) is 11.7. The van der Waals surface area contributed by atoms with E-state index in [1.165, 1.54) is 0 Å². The van der Waals surface area contributed by atoms with Crippen molar-refractivity contribution in [3.8, 4) is 11.4 Å². The summed E-state index contributed by atoms with van der Waals surface area (Å²) in [6.45, 7) is 7.18. The average molecular weight is 452 g/mol. The van der Waals surface area contributed by atoms with Gasteiger partial charge in [0.1, 0.15) is 5.75 Å². The van der Waals surface area contributed by atoms with Crippen LogP contribution in [-0.4, -0.2) is 22.1 Å². The quantitative estimate of drug-likeness (QED) is 0.378. The maximum absolute atomic E-state index is 13.9. The molecule has 5 heteroatoms. The monoisotopic (exact) mass is 451 g/mol. The van der Waals surface area contributed by atoms with E-state index in [-0.39, 0.29) is 12.1 Å². The van der Waals surface area contributed by atoms with Crippen LogP contribution < -0.4 is 10.1 Å². The summed E-state index contributed by atoms with van der Waals surface area (Å²) in [7, 11) is 0. The molecule has 2 amide bonds. The van der Waals surface area contributed by atoms with Gasteiger partial charge in [-0.1, -0.05) is 42.5 Å². The Labute approximate surface area is 200 Å². The van der Waals surface area contributed by atoms with Crippen LogP contribution in [0, 0.1) is 13.8 Å². The molecule has 1 aliphatic heterocycles. The van der Waals surface area contributed by atoms with Gasteiger partial charge in [0.25, 0.3) is 0 Å². The van der Waals surface area contributed by atoms with Gasteiger partial charge >= 0.3 is 6.03 Å². The number of ether oxygens (including phenoxy) is 1. The second-order valence-electron chi connectivity index (χ2n) is 8.64. The highest BCUT2D eigenvalue weighted by Crippen LogP contribution is 2.37. The Morgan fingerprint density at radius 3 is 2.56 bits per heavy atom. The molecule has 0 bridgehead atoms. The van der Waals surface area contributed by atoms with Crippen LogP contribution in [0.15, 0.2) is 85.1 Å². The van der Waals surface area contributed by atoms with E-state index in [0.29, 0.717) is 13.2 Å². The first kappa shape index (κ1) is 21.8. The molecule has 0 saturated carbocycles. The van der Waals surface area contributed by atoms with E-state index in [2.05, 4.69) is 59.4 Å². The largest absolute Gasteiger partial charge is 0.494 e. The van der Waals surface area contributed by atoms with Gasteiger partial charge in [-0.05, 0) is 79.4 Å². The first-order chi connectivity index (χ1) is 16.6. The van der Waals surface area contributed by atoms with Crippen molar-refractivity contribution < 1.29 is 9.53 Å². The zero-order chi connectivity index (χ0) is 23.7. The van der Waals surface area contributed by atoms with Crippen LogP contribution in [0.5, 0.6) is 5.75 Å². The molecule has 34 heavy (non-hydrogen) atoms. The number of aromatic nitrogens is 1. The van der Waals surface area contributed by atoms with E-state index in [1.54, 1.807) is 0 Å². The number of rotatable bonds is 4. The van der Waals surface area contributed by atoms with Gasteiger partial charge in [0, 0.05) is 17.6 Å². The zero-order valence-electron chi connectivity index (χ0n) is 19.8. The maximum atomic E-state index is 13.9. The summed E-state index contributed by atoms with van der Waals surface area (Å²) < 4.78 is 7.85. The smallest absolute Gasteiger partial charge is 0.322 e. The number of benzene rings is 3. The molecule has 0 unspecified atom stereocenters. The SMILES string of the molecule is CCOc1ccc([C@@H]2c3cccn3-c3ccccc3CN2C(=O)Nc2cccc(C)c2C)cc1. The van der Waals surface area contributed by atoms with Crippen molar-refractivity contribution in [2.45, 2.75) is 33.4 Å². The standard InChI is InChI=1S/C29H29N3O2/c1-4-34-24-16-14-22(15-17-24)28-27-13-8-18-31(27)26-12-6-5-10-23(26)19-32(28)29(33)30-25-11-7-9-20(2)21(25)3/h5-18,28H,4,19H2,1-3H3,(H,30,33)/t28-/m1/s1. The van der Waals surface area contributed by atoms with Gasteiger partial charge in [-0.3, -0.25) is 0 Å². The molecule has 0 radical (unpaired) electrons. The van der Waals surface area contributed by atoms with Crippen molar-refractivity contribution in [2.24, 2.45) is 0 Å². The second-order valence-corrected chi connectivity index (χ2v) is 8.64. The number of aryl methyl sites for hydroxylation is 1. The fourth-order valence-corrected chi connectivity index (χ4v) is 4.68. The highest BCUT2D eigenvalue weighted by Gasteiger charge is 2.33. The third-order valence-electron chi connectivity index (χ3n) is 6.58. The van der Waals surface area contributed by atoms with Crippen LogP contribution >= 0.6 is 0 Å². The molecule has 1 aliphatic rings. The second kappa shape index (κ2) is 9.10. The van der Waals surface area contributed by atoms with Gasteiger partial charge in [-0.25, -0.2) is 4.79 Å². The molecule has 172 valence electrons. The molecule has 2 heterocycles. The lowest BCUT2D eigenvalue weighted by Crippen LogP contribution is -2.38. The lowest BCUT2D eigenvalue weighted by atomic mass is 10.0. The summed E-state index contributed by atoms with van der Waals surface area (Å²) in [5, 5.41) is 3.19. The Balaban J connectivity index is 1.61. The minimum atomic E-state index is -0.261. The van der Waals surface area contributed by atoms with Crippen molar-refractivity contribution in [1.29, 1.82) is 0 Å². The summed E-state index contributed by atoms with van der Waals surface area (Å²) in [5.41, 5.74) is 7.34. The Morgan fingerprint density at radius 2 is 1.76 bits per heavy atom. The molecule has 0 fully saturated rings. The van der Waals surface area contributed by atoms with Gasteiger partial charge in [0.2, 0.25) is 0 Å². The molecule has 0 saturated heterocycles. The van der Waals surface area contributed by atoms with Crippen LogP contribution in [0.2, 0.25) is 0 Å². The minimum Gasteiger partial charge on any atom is -0.494 e. The summed E-state index contributed by atoms with van der Waals surface area (Å²) in [5.74, 6) is 0.824. The van der Waals surface area contributed by atoms with E-state index in [9.17, 15) is 4.79 Å². The molecule has 0 aliphatic carbocycles. The molecule has 5 nitrogen and oxygen atoms in total. The number of fused-ring (bicyclic) bond motifs is 3. The van der Waals surface area contributed by atoms with Gasteiger partial charge in [0.05, 0.1) is 24.9 Å². The molecule has 5 rings (SSSR count). The first-order valence-corrected chi connectivity index (χ1v) is 11.7. The summed E-state index contributed by atoms with van der Waals surface area (Å²) in [6, 6.07) is 26.1. The number of hydrogen-bond acceptors (Lipinski definition) is 2. The molecule has 4 aromatic rings. The van der Waals surface area contributed by atoms with Crippen LogP contribution in [0.25, 0.3) is 5.69 Å². The van der Waals surface area contributed by atoms with E-state index in [0.717, 1.165) is 45.1 Å². The third-order valence-corrected chi connectivity index (χ3v) is 6.58. The number of hydrogen-bond donors (Lipinski definition) is 1. The highest BCUT2D eigenvalue weighted by atomic mass is 16.5. The van der Waals surface area contributed by atoms with Gasteiger partial charge in [0.15, 0.2) is 0 Å². The molecule has 1 atom stereocenters. The summed E-state index contributed by atoms with van der Waals surface area (Å²) in [4.78, 5) is 15.8. The fourth-order valence-electron chi connectivity index (χ4n) is 4.68. The van der Waals surface area contributed by atoms with Gasteiger partial charge in [-0.15, -0.1) is 0 Å². The lowest BCUT2D eigenvalue weighted by molar-refractivity contribution is 0.194. The van der Waals surface area contributed by atoms with Crippen LogP contribution in [0.3, 0.4) is 0 Å². The lowest BCUT2D eigenvalue weighted by Gasteiger charge is -2.31. The molecule has 3 aromatic carbocycles. The molecule has 0 spiro atoms. The van der Waals surface area contributed by atoms with Crippen molar-refractivity contribution >= 4 is 11.7 Å². The number of amides is 2. The van der Waals surface area contributed by atoms with E-state index in [4.69, 9.17) is 4.74 Å². The molecule has 1 aromatic heterocycles. The fraction of sp³-hybridized carbons (Fsp3) is 0.207. The topological polar surface area (TPSA) is 46.5 Å². The van der Waals surface area contributed by atoms with Crippen LogP contribution in [0.4, 0.5) is 10.5 Å².